The summed E-state index contributed by atoms with van der Waals surface area (Å²) >= 11 is 0. The third-order valence-electron chi connectivity index (χ3n) is 7.12. The molecule has 0 unspecified atom stereocenters. The largest absolute Gasteiger partial charge is 0.494 e. The zero-order chi connectivity index (χ0) is 30.7. The Morgan fingerprint density at radius 3 is 2.60 bits per heavy atom. The minimum atomic E-state index is -1.36. The zero-order valence-corrected chi connectivity index (χ0v) is 24.4. The van der Waals surface area contributed by atoms with Crippen molar-refractivity contribution in [1.29, 1.82) is 0 Å². The van der Waals surface area contributed by atoms with Gasteiger partial charge >= 0.3 is 0 Å². The first kappa shape index (κ1) is 31.2. The summed E-state index contributed by atoms with van der Waals surface area (Å²) in [5.74, 6) is 1.85. The van der Waals surface area contributed by atoms with Crippen LogP contribution >= 0.6 is 0 Å². The van der Waals surface area contributed by atoms with E-state index in [1.165, 1.54) is 0 Å². The maximum Gasteiger partial charge on any atom is 0.266 e. The summed E-state index contributed by atoms with van der Waals surface area (Å²) in [6, 6.07) is 19.9. The minimum absolute atomic E-state index is 0.0542. The Balaban J connectivity index is 1.55. The lowest BCUT2D eigenvalue weighted by atomic mass is 9.85. The standard InChI is InChI=1S/C31H36N6O6/c1-21-31(20-24-7-4-5-8-26(24)35-37-32,34-29(43-21)23-10-12-25(13-11-23)42-18-6-17-38)30(39)36-33-16-15-22-9-14-27(40-2)28(19-22)41-3/h4-5,7-14,19,21,33,38H,6,15-18,20H2,1-3H3,(H,36,39)/t21-,31-/m0/s1. The molecule has 226 valence electrons. The van der Waals surface area contributed by atoms with E-state index in [1.807, 2.05) is 42.5 Å². The zero-order valence-electron chi connectivity index (χ0n) is 24.4. The molecule has 1 heterocycles. The summed E-state index contributed by atoms with van der Waals surface area (Å²) in [6.45, 7) is 2.69. The highest BCUT2D eigenvalue weighted by Gasteiger charge is 2.50. The number of carbonyl (C=O) groups excluding carboxylic acids is 1. The summed E-state index contributed by atoms with van der Waals surface area (Å²) < 4.78 is 22.5. The van der Waals surface area contributed by atoms with E-state index in [0.717, 1.165) is 5.56 Å². The molecule has 3 N–H and O–H groups in total. The van der Waals surface area contributed by atoms with Gasteiger partial charge in [0.2, 0.25) is 5.90 Å². The van der Waals surface area contributed by atoms with Gasteiger partial charge in [-0.15, -0.1) is 0 Å². The number of azide groups is 1. The fourth-order valence-corrected chi connectivity index (χ4v) is 4.73. The Morgan fingerprint density at radius 1 is 1.12 bits per heavy atom. The van der Waals surface area contributed by atoms with Gasteiger partial charge in [-0.05, 0) is 66.4 Å². The summed E-state index contributed by atoms with van der Waals surface area (Å²) in [5, 5.41) is 12.8. The first-order chi connectivity index (χ1) is 20.9. The van der Waals surface area contributed by atoms with Crippen molar-refractivity contribution in [2.75, 3.05) is 34.0 Å². The van der Waals surface area contributed by atoms with Gasteiger partial charge in [0, 0.05) is 42.2 Å². The van der Waals surface area contributed by atoms with Crippen molar-refractivity contribution < 1.29 is 28.8 Å². The number of carbonyl (C=O) groups is 1. The van der Waals surface area contributed by atoms with Crippen LogP contribution in [0, 0.1) is 0 Å². The van der Waals surface area contributed by atoms with Crippen molar-refractivity contribution in [2.45, 2.75) is 37.8 Å². The number of nitrogens with zero attached hydrogens (tertiary/aromatic N) is 4. The first-order valence-electron chi connectivity index (χ1n) is 13.9. The van der Waals surface area contributed by atoms with Crippen molar-refractivity contribution in [3.63, 3.8) is 0 Å². The van der Waals surface area contributed by atoms with Crippen LogP contribution in [-0.2, 0) is 22.4 Å². The number of benzene rings is 3. The van der Waals surface area contributed by atoms with E-state index in [1.54, 1.807) is 45.4 Å². The number of aliphatic hydroxyl groups is 1. The van der Waals surface area contributed by atoms with Crippen LogP contribution in [0.1, 0.15) is 30.0 Å². The number of nitrogens with one attached hydrogen (secondary N) is 2. The highest BCUT2D eigenvalue weighted by Crippen LogP contribution is 2.35. The number of aliphatic imine (C=N–C) groups is 1. The second-order valence-electron chi connectivity index (χ2n) is 9.87. The highest BCUT2D eigenvalue weighted by molar-refractivity contribution is 6.00. The monoisotopic (exact) mass is 588 g/mol. The Morgan fingerprint density at radius 2 is 1.88 bits per heavy atom. The smallest absolute Gasteiger partial charge is 0.266 e. The Kier molecular flexibility index (Phi) is 10.8. The van der Waals surface area contributed by atoms with E-state index < -0.39 is 11.6 Å². The van der Waals surface area contributed by atoms with Crippen LogP contribution in [0.3, 0.4) is 0 Å². The fraction of sp³-hybridized carbons (Fsp3) is 0.355. The molecule has 2 atom stereocenters. The molecule has 0 aliphatic carbocycles. The molecule has 12 heteroatoms. The van der Waals surface area contributed by atoms with Crippen molar-refractivity contribution in [3.8, 4) is 17.2 Å². The number of methoxy groups -OCH3 is 2. The predicted molar refractivity (Wildman–Crippen MR) is 162 cm³/mol. The lowest BCUT2D eigenvalue weighted by molar-refractivity contribution is -0.129. The van der Waals surface area contributed by atoms with Gasteiger partial charge in [-0.1, -0.05) is 35.4 Å². The fourth-order valence-electron chi connectivity index (χ4n) is 4.73. The van der Waals surface area contributed by atoms with Crippen LogP contribution in [0.2, 0.25) is 0 Å². The lowest BCUT2D eigenvalue weighted by Gasteiger charge is -2.28. The molecule has 1 aliphatic rings. The number of amides is 1. The number of hydrazine groups is 1. The van der Waals surface area contributed by atoms with Crippen LogP contribution in [0.25, 0.3) is 10.4 Å². The van der Waals surface area contributed by atoms with Crippen LogP contribution in [0.4, 0.5) is 5.69 Å². The number of hydrogen-bond acceptors (Lipinski definition) is 9. The van der Waals surface area contributed by atoms with E-state index in [4.69, 9.17) is 34.6 Å². The molecule has 43 heavy (non-hydrogen) atoms. The average Bonchev–Trinajstić information content (AvgIpc) is 3.37. The van der Waals surface area contributed by atoms with E-state index in [-0.39, 0.29) is 18.9 Å². The molecule has 0 bridgehead atoms. The molecular weight excluding hydrogens is 552 g/mol. The summed E-state index contributed by atoms with van der Waals surface area (Å²) in [4.78, 5) is 21.7. The Labute approximate surface area is 250 Å². The van der Waals surface area contributed by atoms with Gasteiger partial charge in [0.1, 0.15) is 11.9 Å². The molecule has 1 amide bonds. The predicted octanol–water partition coefficient (Wildman–Crippen LogP) is 4.42. The second-order valence-corrected chi connectivity index (χ2v) is 9.87. The van der Waals surface area contributed by atoms with Gasteiger partial charge in [-0.3, -0.25) is 10.2 Å². The number of rotatable bonds is 15. The molecule has 0 radical (unpaired) electrons. The molecular formula is C31H36N6O6. The molecule has 0 spiro atoms. The van der Waals surface area contributed by atoms with Gasteiger partial charge in [0.25, 0.3) is 5.91 Å². The quantitative estimate of drug-likeness (QED) is 0.0779. The van der Waals surface area contributed by atoms with E-state index in [2.05, 4.69) is 20.9 Å². The Bertz CT molecular complexity index is 1470. The van der Waals surface area contributed by atoms with E-state index in [0.29, 0.717) is 66.0 Å². The molecule has 0 fully saturated rings. The first-order valence-corrected chi connectivity index (χ1v) is 13.9. The summed E-state index contributed by atoms with van der Waals surface area (Å²) in [6.07, 6.45) is 0.639. The SMILES string of the molecule is COc1ccc(CCNNC(=O)[C@@]2(Cc3ccccc3N=[N+]=[N-])N=C(c3ccc(OCCCO)cc3)O[C@H]2C)cc1OC. The molecule has 3 aromatic rings. The van der Waals surface area contributed by atoms with Gasteiger partial charge in [0.05, 0.1) is 20.8 Å². The third-order valence-corrected chi connectivity index (χ3v) is 7.12. The molecule has 0 saturated carbocycles. The molecule has 3 aromatic carbocycles. The topological polar surface area (TPSA) is 159 Å². The van der Waals surface area contributed by atoms with Gasteiger partial charge in [0.15, 0.2) is 17.0 Å². The van der Waals surface area contributed by atoms with E-state index >= 15 is 0 Å². The highest BCUT2D eigenvalue weighted by atomic mass is 16.5. The molecule has 4 rings (SSSR count). The van der Waals surface area contributed by atoms with E-state index in [9.17, 15) is 4.79 Å². The summed E-state index contributed by atoms with van der Waals surface area (Å²) in [7, 11) is 3.17. The number of aliphatic hydroxyl groups excluding tert-OH is 1. The molecule has 0 saturated heterocycles. The average molecular weight is 589 g/mol. The number of hydrogen-bond donors (Lipinski definition) is 3. The Hall–Kier alpha value is -4.77. The van der Waals surface area contributed by atoms with Crippen LogP contribution in [-0.4, -0.2) is 62.5 Å². The van der Waals surface area contributed by atoms with Gasteiger partial charge in [-0.2, -0.15) is 0 Å². The van der Waals surface area contributed by atoms with Gasteiger partial charge < -0.3 is 24.1 Å². The van der Waals surface area contributed by atoms with Crippen molar-refractivity contribution in [3.05, 3.63) is 93.9 Å². The van der Waals surface area contributed by atoms with Crippen molar-refractivity contribution in [1.82, 2.24) is 10.9 Å². The summed E-state index contributed by atoms with van der Waals surface area (Å²) in [5.41, 5.74) is 16.3. The maximum absolute atomic E-state index is 13.9. The van der Waals surface area contributed by atoms with Crippen LogP contribution in [0.15, 0.2) is 76.8 Å². The normalized spacial score (nSPS) is 17.3. The van der Waals surface area contributed by atoms with Crippen LogP contribution in [0.5, 0.6) is 17.2 Å². The number of ether oxygens (including phenoxy) is 4. The third kappa shape index (κ3) is 7.55. The van der Waals surface area contributed by atoms with Crippen LogP contribution < -0.4 is 25.1 Å². The molecule has 1 aliphatic heterocycles. The lowest BCUT2D eigenvalue weighted by Crippen LogP contribution is -2.56. The van der Waals surface area contributed by atoms with Gasteiger partial charge in [-0.25, -0.2) is 10.4 Å². The van der Waals surface area contributed by atoms with Crippen molar-refractivity contribution in [2.24, 2.45) is 10.1 Å². The molecule has 12 nitrogen and oxygen atoms in total. The minimum Gasteiger partial charge on any atom is -0.494 e. The molecule has 0 aromatic heterocycles. The second kappa shape index (κ2) is 14.9. The maximum atomic E-state index is 13.9. The van der Waals surface area contributed by atoms with Crippen molar-refractivity contribution >= 4 is 17.5 Å².